The van der Waals surface area contributed by atoms with Crippen LogP contribution in [0.25, 0.3) is 10.9 Å². The van der Waals surface area contributed by atoms with Crippen LogP contribution in [0.3, 0.4) is 0 Å². The molecule has 0 unspecified atom stereocenters. The molecule has 1 aromatic carbocycles. The minimum Gasteiger partial charge on any atom is -0.324 e. The summed E-state index contributed by atoms with van der Waals surface area (Å²) >= 11 is 7.13. The highest BCUT2D eigenvalue weighted by Gasteiger charge is 2.14. The lowest BCUT2D eigenvalue weighted by molar-refractivity contribution is 0.102. The molecule has 2 heterocycles. The Morgan fingerprint density at radius 1 is 1.43 bits per heavy atom. The van der Waals surface area contributed by atoms with Crippen molar-refractivity contribution in [3.63, 3.8) is 0 Å². The Labute approximate surface area is 129 Å². The predicted octanol–water partition coefficient (Wildman–Crippen LogP) is 2.45. The zero-order valence-electron chi connectivity index (χ0n) is 10.7. The summed E-state index contributed by atoms with van der Waals surface area (Å²) in [6, 6.07) is 6.98. The molecule has 0 spiro atoms. The monoisotopic (exact) mass is 319 g/mol. The highest BCUT2D eigenvalue weighted by Crippen LogP contribution is 2.23. The molecule has 0 aliphatic heterocycles. The first-order valence-corrected chi connectivity index (χ1v) is 7.21. The fraction of sp³-hybridized carbons (Fsp3) is 0.0769. The smallest absolute Gasteiger partial charge is 0.259 e. The zero-order chi connectivity index (χ0) is 14.8. The molecule has 2 aromatic heterocycles. The number of nitrogens with two attached hydrogens (primary N) is 1. The van der Waals surface area contributed by atoms with Crippen LogP contribution in [0, 0.1) is 0 Å². The second-order valence-corrected chi connectivity index (χ2v) is 5.39. The minimum atomic E-state index is -0.332. The molecule has 0 saturated carbocycles. The Morgan fingerprint density at radius 3 is 3.05 bits per heavy atom. The normalized spacial score (nSPS) is 10.8. The number of rotatable bonds is 3. The third-order valence-corrected chi connectivity index (χ3v) is 3.67. The number of carbonyl (C=O) groups excluding carboxylic acids is 1. The van der Waals surface area contributed by atoms with Gasteiger partial charge in [-0.2, -0.15) is 4.37 Å². The third kappa shape index (κ3) is 2.85. The maximum absolute atomic E-state index is 12.4. The number of pyridine rings is 1. The average Bonchev–Trinajstić information content (AvgIpc) is 2.94. The summed E-state index contributed by atoms with van der Waals surface area (Å²) in [4.78, 5) is 20.7. The largest absolute Gasteiger partial charge is 0.324 e. The standard InChI is InChI=1S/C13H10ClN5OS/c14-8-4-7-2-1-3-16-11(7)9(5-8)12(20)18-13-17-10(6-15)19-21-13/h1-5H,6,15H2,(H,17,18,19,20). The van der Waals surface area contributed by atoms with Gasteiger partial charge in [-0.15, -0.1) is 0 Å². The van der Waals surface area contributed by atoms with Gasteiger partial charge < -0.3 is 5.73 Å². The van der Waals surface area contributed by atoms with Crippen molar-refractivity contribution in [3.05, 3.63) is 46.9 Å². The average molecular weight is 320 g/mol. The molecule has 0 aliphatic rings. The van der Waals surface area contributed by atoms with Crippen molar-refractivity contribution in [3.8, 4) is 0 Å². The number of nitrogens with zero attached hydrogens (tertiary/aromatic N) is 3. The van der Waals surface area contributed by atoms with E-state index < -0.39 is 0 Å². The molecule has 21 heavy (non-hydrogen) atoms. The van der Waals surface area contributed by atoms with E-state index in [2.05, 4.69) is 19.7 Å². The van der Waals surface area contributed by atoms with Gasteiger partial charge in [0.2, 0.25) is 5.13 Å². The predicted molar refractivity (Wildman–Crippen MR) is 82.5 cm³/mol. The van der Waals surface area contributed by atoms with E-state index in [9.17, 15) is 4.79 Å². The first-order chi connectivity index (χ1) is 10.2. The highest BCUT2D eigenvalue weighted by atomic mass is 35.5. The minimum absolute atomic E-state index is 0.230. The summed E-state index contributed by atoms with van der Waals surface area (Å²) in [7, 11) is 0. The first-order valence-electron chi connectivity index (χ1n) is 6.05. The number of anilines is 1. The summed E-state index contributed by atoms with van der Waals surface area (Å²) in [6.07, 6.45) is 1.63. The van der Waals surface area contributed by atoms with Gasteiger partial charge in [0.05, 0.1) is 17.6 Å². The Balaban J connectivity index is 1.97. The molecule has 0 aliphatic carbocycles. The molecule has 3 N–H and O–H groups in total. The van der Waals surface area contributed by atoms with E-state index in [-0.39, 0.29) is 12.5 Å². The van der Waals surface area contributed by atoms with Crippen LogP contribution < -0.4 is 11.1 Å². The number of benzene rings is 1. The summed E-state index contributed by atoms with van der Waals surface area (Å²) in [5.74, 6) is 0.158. The molecular weight excluding hydrogens is 310 g/mol. The van der Waals surface area contributed by atoms with Gasteiger partial charge in [-0.05, 0) is 18.2 Å². The second kappa shape index (κ2) is 5.72. The number of aromatic nitrogens is 3. The van der Waals surface area contributed by atoms with Crippen LogP contribution in [0.2, 0.25) is 5.02 Å². The molecule has 0 atom stereocenters. The lowest BCUT2D eigenvalue weighted by atomic mass is 10.1. The van der Waals surface area contributed by atoms with E-state index >= 15 is 0 Å². The quantitative estimate of drug-likeness (QED) is 0.773. The summed E-state index contributed by atoms with van der Waals surface area (Å²) in [6.45, 7) is 0.230. The Bertz CT molecular complexity index is 819. The third-order valence-electron chi connectivity index (χ3n) is 2.79. The van der Waals surface area contributed by atoms with Crippen LogP contribution >= 0.6 is 23.1 Å². The number of hydrogen-bond acceptors (Lipinski definition) is 6. The van der Waals surface area contributed by atoms with Crippen LogP contribution in [-0.2, 0) is 6.54 Å². The van der Waals surface area contributed by atoms with Crippen LogP contribution in [0.15, 0.2) is 30.5 Å². The number of nitrogens with one attached hydrogen (secondary N) is 1. The molecule has 8 heteroatoms. The van der Waals surface area contributed by atoms with Gasteiger partial charge in [0.1, 0.15) is 0 Å². The van der Waals surface area contributed by atoms with Crippen molar-refractivity contribution < 1.29 is 4.79 Å². The molecule has 3 rings (SSSR count). The Hall–Kier alpha value is -2.09. The number of carbonyl (C=O) groups is 1. The van der Waals surface area contributed by atoms with Gasteiger partial charge >= 0.3 is 0 Å². The summed E-state index contributed by atoms with van der Waals surface area (Å²) < 4.78 is 4.01. The van der Waals surface area contributed by atoms with Crippen molar-refractivity contribution in [1.82, 2.24) is 14.3 Å². The summed E-state index contributed by atoms with van der Waals surface area (Å²) in [5.41, 5.74) is 6.42. The molecule has 0 bridgehead atoms. The second-order valence-electron chi connectivity index (χ2n) is 4.20. The van der Waals surface area contributed by atoms with Crippen LogP contribution in [0.4, 0.5) is 5.13 Å². The fourth-order valence-corrected chi connectivity index (χ4v) is 2.70. The number of fused-ring (bicyclic) bond motifs is 1. The molecule has 106 valence electrons. The van der Waals surface area contributed by atoms with Crippen molar-refractivity contribution in [2.45, 2.75) is 6.54 Å². The molecule has 1 amide bonds. The van der Waals surface area contributed by atoms with Gasteiger partial charge in [-0.1, -0.05) is 17.7 Å². The maximum Gasteiger partial charge on any atom is 0.259 e. The lowest BCUT2D eigenvalue weighted by Crippen LogP contribution is -2.13. The zero-order valence-corrected chi connectivity index (χ0v) is 12.3. The van der Waals surface area contributed by atoms with Gasteiger partial charge in [-0.25, -0.2) is 4.98 Å². The Morgan fingerprint density at radius 2 is 2.29 bits per heavy atom. The SMILES string of the molecule is NCc1nsc(NC(=O)c2cc(Cl)cc3cccnc23)n1. The van der Waals surface area contributed by atoms with Crippen molar-refractivity contribution in [2.24, 2.45) is 5.73 Å². The fourth-order valence-electron chi connectivity index (χ4n) is 1.88. The molecular formula is C13H10ClN5OS. The van der Waals surface area contributed by atoms with E-state index in [1.165, 1.54) is 0 Å². The summed E-state index contributed by atoms with van der Waals surface area (Å²) in [5, 5.41) is 4.35. The van der Waals surface area contributed by atoms with E-state index in [0.29, 0.717) is 27.1 Å². The van der Waals surface area contributed by atoms with Crippen molar-refractivity contribution in [2.75, 3.05) is 5.32 Å². The maximum atomic E-state index is 12.4. The molecule has 0 radical (unpaired) electrons. The van der Waals surface area contributed by atoms with Crippen molar-refractivity contribution in [1.29, 1.82) is 0 Å². The van der Waals surface area contributed by atoms with Gasteiger partial charge in [0.15, 0.2) is 5.82 Å². The van der Waals surface area contributed by atoms with E-state index in [1.54, 1.807) is 24.4 Å². The first kappa shape index (κ1) is 13.9. The number of halogens is 1. The highest BCUT2D eigenvalue weighted by molar-refractivity contribution is 7.09. The molecule has 0 saturated heterocycles. The topological polar surface area (TPSA) is 93.8 Å². The van der Waals surface area contributed by atoms with Crippen LogP contribution in [0.1, 0.15) is 16.2 Å². The van der Waals surface area contributed by atoms with E-state index in [4.69, 9.17) is 17.3 Å². The van der Waals surface area contributed by atoms with Crippen LogP contribution in [-0.4, -0.2) is 20.2 Å². The Kier molecular flexibility index (Phi) is 3.78. The molecule has 3 aromatic rings. The number of hydrogen-bond donors (Lipinski definition) is 2. The van der Waals surface area contributed by atoms with Crippen molar-refractivity contribution >= 4 is 45.1 Å². The number of amides is 1. The molecule has 0 fully saturated rings. The van der Waals surface area contributed by atoms with E-state index in [1.807, 2.05) is 6.07 Å². The van der Waals surface area contributed by atoms with Gasteiger partial charge in [0, 0.05) is 28.1 Å². The van der Waals surface area contributed by atoms with Crippen LogP contribution in [0.5, 0.6) is 0 Å². The van der Waals surface area contributed by atoms with Gasteiger partial charge in [0.25, 0.3) is 5.91 Å². The lowest BCUT2D eigenvalue weighted by Gasteiger charge is -2.06. The molecule has 6 nitrogen and oxygen atoms in total. The van der Waals surface area contributed by atoms with Gasteiger partial charge in [-0.3, -0.25) is 15.1 Å². The van der Waals surface area contributed by atoms with E-state index in [0.717, 1.165) is 16.9 Å².